The summed E-state index contributed by atoms with van der Waals surface area (Å²) in [6, 6.07) is 2.94. The van der Waals surface area contributed by atoms with Crippen LogP contribution in [0.25, 0.3) is 0 Å². The van der Waals surface area contributed by atoms with E-state index in [1.54, 1.807) is 0 Å². The molecular weight excluding hydrogens is 287 g/mol. The largest absolute Gasteiger partial charge is 0.396 e. The average molecular weight is 302 g/mol. The second-order valence-electron chi connectivity index (χ2n) is 4.58. The molecule has 2 rings (SSSR count). The minimum Gasteiger partial charge on any atom is -0.396 e. The summed E-state index contributed by atoms with van der Waals surface area (Å²) >= 11 is 0. The van der Waals surface area contributed by atoms with Crippen LogP contribution < -0.4 is 11.1 Å². The van der Waals surface area contributed by atoms with Crippen LogP contribution in [0.4, 0.5) is 10.1 Å². The molecule has 1 aliphatic heterocycles. The highest BCUT2D eigenvalue weighted by Crippen LogP contribution is 2.20. The number of nitrogens with one attached hydrogen (secondary N) is 1. The molecule has 0 aromatic heterocycles. The molecule has 20 heavy (non-hydrogen) atoms. The summed E-state index contributed by atoms with van der Waals surface area (Å²) in [5.74, 6) is -2.20. The molecule has 1 heterocycles. The summed E-state index contributed by atoms with van der Waals surface area (Å²) in [4.78, 5) is 11.3. The first-order valence-corrected chi connectivity index (χ1v) is 7.55. The zero-order chi connectivity index (χ0) is 14.8. The van der Waals surface area contributed by atoms with Gasteiger partial charge in [0.05, 0.1) is 11.6 Å². The van der Waals surface area contributed by atoms with Crippen LogP contribution in [-0.2, 0) is 19.1 Å². The van der Waals surface area contributed by atoms with E-state index in [9.17, 15) is 17.6 Å². The summed E-state index contributed by atoms with van der Waals surface area (Å²) in [5.41, 5.74) is 5.09. The van der Waals surface area contributed by atoms with Gasteiger partial charge < -0.3 is 15.2 Å². The Morgan fingerprint density at radius 2 is 2.20 bits per heavy atom. The van der Waals surface area contributed by atoms with Gasteiger partial charge in [-0.2, -0.15) is 8.42 Å². The molecule has 0 radical (unpaired) electrons. The molecule has 1 aromatic carbocycles. The standard InChI is InChI=1S/C12H15FN2O4S/c13-10-6-9(3-4-11(10)14)20(17,18)19-12(16)8-2-1-5-15-7-8/h3-4,6,8,15H,1-2,5,7,14H2. The van der Waals surface area contributed by atoms with Gasteiger partial charge in [-0.25, -0.2) is 4.39 Å². The third-order valence-corrected chi connectivity index (χ3v) is 4.30. The van der Waals surface area contributed by atoms with Crippen LogP contribution >= 0.6 is 0 Å². The maximum Gasteiger partial charge on any atom is 0.341 e. The maximum absolute atomic E-state index is 13.3. The van der Waals surface area contributed by atoms with Crippen molar-refractivity contribution < 1.29 is 21.8 Å². The highest BCUT2D eigenvalue weighted by Gasteiger charge is 2.28. The molecule has 3 N–H and O–H groups in total. The number of benzene rings is 1. The summed E-state index contributed by atoms with van der Waals surface area (Å²) in [5, 5.41) is 2.99. The van der Waals surface area contributed by atoms with Crippen molar-refractivity contribution >= 4 is 21.8 Å². The van der Waals surface area contributed by atoms with Crippen LogP contribution in [0.3, 0.4) is 0 Å². The maximum atomic E-state index is 13.3. The monoisotopic (exact) mass is 302 g/mol. The number of rotatable bonds is 3. The van der Waals surface area contributed by atoms with Gasteiger partial charge in [-0.05, 0) is 37.6 Å². The van der Waals surface area contributed by atoms with E-state index < -0.39 is 32.7 Å². The van der Waals surface area contributed by atoms with E-state index in [-0.39, 0.29) is 5.69 Å². The van der Waals surface area contributed by atoms with Crippen molar-refractivity contribution in [3.05, 3.63) is 24.0 Å². The second kappa shape index (κ2) is 5.76. The molecular formula is C12H15FN2O4S. The topological polar surface area (TPSA) is 98.5 Å². The fourth-order valence-electron chi connectivity index (χ4n) is 1.94. The van der Waals surface area contributed by atoms with Crippen molar-refractivity contribution in [1.82, 2.24) is 5.32 Å². The van der Waals surface area contributed by atoms with Gasteiger partial charge in [-0.15, -0.1) is 0 Å². The average Bonchev–Trinajstić information content (AvgIpc) is 2.42. The fourth-order valence-corrected chi connectivity index (χ4v) is 2.87. The zero-order valence-electron chi connectivity index (χ0n) is 10.6. The molecule has 1 unspecified atom stereocenters. The van der Waals surface area contributed by atoms with Gasteiger partial charge in [0, 0.05) is 6.54 Å². The van der Waals surface area contributed by atoms with Crippen LogP contribution in [0.2, 0.25) is 0 Å². The van der Waals surface area contributed by atoms with Gasteiger partial charge in [-0.1, -0.05) is 0 Å². The molecule has 0 amide bonds. The van der Waals surface area contributed by atoms with Gasteiger partial charge in [0.1, 0.15) is 10.7 Å². The van der Waals surface area contributed by atoms with Crippen molar-refractivity contribution in [2.75, 3.05) is 18.8 Å². The minimum absolute atomic E-state index is 0.174. The van der Waals surface area contributed by atoms with Gasteiger partial charge in [0.15, 0.2) is 0 Å². The molecule has 8 heteroatoms. The lowest BCUT2D eigenvalue weighted by Crippen LogP contribution is -2.36. The number of carbonyl (C=O) groups excluding carboxylic acids is 1. The molecule has 1 aromatic rings. The van der Waals surface area contributed by atoms with E-state index in [1.165, 1.54) is 0 Å². The van der Waals surface area contributed by atoms with Crippen molar-refractivity contribution in [1.29, 1.82) is 0 Å². The number of hydrogen-bond acceptors (Lipinski definition) is 6. The minimum atomic E-state index is -4.32. The lowest BCUT2D eigenvalue weighted by molar-refractivity contribution is -0.138. The van der Waals surface area contributed by atoms with E-state index in [0.29, 0.717) is 13.0 Å². The molecule has 1 atom stereocenters. The van der Waals surface area contributed by atoms with Crippen molar-refractivity contribution in [2.45, 2.75) is 17.7 Å². The summed E-state index contributed by atoms with van der Waals surface area (Å²) in [7, 11) is -4.32. The first kappa shape index (κ1) is 14.7. The number of piperidine rings is 1. The predicted octanol–water partition coefficient (Wildman–Crippen LogP) is 0.639. The van der Waals surface area contributed by atoms with Crippen molar-refractivity contribution in [3.63, 3.8) is 0 Å². The molecule has 0 bridgehead atoms. The lowest BCUT2D eigenvalue weighted by atomic mass is 10.0. The smallest absolute Gasteiger partial charge is 0.341 e. The number of nitrogens with two attached hydrogens (primary N) is 1. The Morgan fingerprint density at radius 1 is 1.45 bits per heavy atom. The SMILES string of the molecule is Nc1ccc(S(=O)(=O)OC(=O)C2CCCNC2)cc1F. The Morgan fingerprint density at radius 3 is 2.80 bits per heavy atom. The molecule has 0 saturated carbocycles. The molecule has 0 spiro atoms. The number of hydrogen-bond donors (Lipinski definition) is 2. The number of halogens is 1. The third kappa shape index (κ3) is 3.26. The fraction of sp³-hybridized carbons (Fsp3) is 0.417. The lowest BCUT2D eigenvalue weighted by Gasteiger charge is -2.20. The third-order valence-electron chi connectivity index (χ3n) is 3.08. The Bertz CT molecular complexity index is 612. The van der Waals surface area contributed by atoms with Crippen LogP contribution in [0.5, 0.6) is 0 Å². The summed E-state index contributed by atoms with van der Waals surface area (Å²) in [6.07, 6.45) is 1.34. The van der Waals surface area contributed by atoms with E-state index in [0.717, 1.165) is 31.2 Å². The first-order chi connectivity index (χ1) is 9.40. The van der Waals surface area contributed by atoms with Gasteiger partial charge in [0.2, 0.25) is 0 Å². The van der Waals surface area contributed by atoms with Gasteiger partial charge >= 0.3 is 16.1 Å². The van der Waals surface area contributed by atoms with Crippen LogP contribution in [-0.4, -0.2) is 27.5 Å². The molecule has 1 aliphatic rings. The first-order valence-electron chi connectivity index (χ1n) is 6.14. The number of anilines is 1. The Labute approximate surface area is 116 Å². The van der Waals surface area contributed by atoms with E-state index >= 15 is 0 Å². The second-order valence-corrected chi connectivity index (χ2v) is 6.13. The van der Waals surface area contributed by atoms with E-state index in [4.69, 9.17) is 5.73 Å². The van der Waals surface area contributed by atoms with Gasteiger partial charge in [-0.3, -0.25) is 4.79 Å². The quantitative estimate of drug-likeness (QED) is 0.628. The van der Waals surface area contributed by atoms with Crippen LogP contribution in [0.1, 0.15) is 12.8 Å². The summed E-state index contributed by atoms with van der Waals surface area (Å²) in [6.45, 7) is 1.17. The van der Waals surface area contributed by atoms with Crippen molar-refractivity contribution in [2.24, 2.45) is 5.92 Å². The molecule has 110 valence electrons. The van der Waals surface area contributed by atoms with Gasteiger partial charge in [0.25, 0.3) is 0 Å². The van der Waals surface area contributed by atoms with Crippen LogP contribution in [0, 0.1) is 11.7 Å². The molecule has 0 aliphatic carbocycles. The normalized spacial score (nSPS) is 19.6. The Kier molecular flexibility index (Phi) is 4.24. The highest BCUT2D eigenvalue weighted by atomic mass is 32.2. The predicted molar refractivity (Wildman–Crippen MR) is 69.7 cm³/mol. The molecule has 6 nitrogen and oxygen atoms in total. The molecule has 1 fully saturated rings. The Balaban J connectivity index is 2.13. The zero-order valence-corrected chi connectivity index (χ0v) is 11.5. The van der Waals surface area contributed by atoms with E-state index in [1.807, 2.05) is 0 Å². The van der Waals surface area contributed by atoms with E-state index in [2.05, 4.69) is 9.50 Å². The van der Waals surface area contributed by atoms with Crippen LogP contribution in [0.15, 0.2) is 23.1 Å². The summed E-state index contributed by atoms with van der Waals surface area (Å²) < 4.78 is 41.6. The van der Waals surface area contributed by atoms with Crippen molar-refractivity contribution in [3.8, 4) is 0 Å². The number of nitrogen functional groups attached to an aromatic ring is 1. The number of carbonyl (C=O) groups is 1. The Hall–Kier alpha value is -1.67. The highest BCUT2D eigenvalue weighted by molar-refractivity contribution is 7.87. The molecule has 1 saturated heterocycles.